The Morgan fingerprint density at radius 3 is 2.45 bits per heavy atom. The minimum Gasteiger partial charge on any atom is -0.497 e. The Kier molecular flexibility index (Phi) is 4.14. The summed E-state index contributed by atoms with van der Waals surface area (Å²) in [4.78, 5) is 7.76. The molecule has 0 aliphatic rings. The molecule has 0 unspecified atom stereocenters. The van der Waals surface area contributed by atoms with Gasteiger partial charge in [0.05, 0.1) is 25.3 Å². The fraction of sp³-hybridized carbons (Fsp3) is 0.235. The third-order valence-electron chi connectivity index (χ3n) is 3.55. The third kappa shape index (κ3) is 3.14. The van der Waals surface area contributed by atoms with E-state index < -0.39 is 0 Å². The number of H-pyrrole nitrogens is 1. The fourth-order valence-corrected chi connectivity index (χ4v) is 2.32. The number of fused-ring (bicyclic) bond motifs is 1. The van der Waals surface area contributed by atoms with Gasteiger partial charge in [0.1, 0.15) is 11.5 Å². The van der Waals surface area contributed by atoms with Crippen LogP contribution in [0.25, 0.3) is 11.0 Å². The molecule has 0 amide bonds. The van der Waals surface area contributed by atoms with Crippen LogP contribution in [0.2, 0.25) is 0 Å². The van der Waals surface area contributed by atoms with Gasteiger partial charge in [0.2, 0.25) is 5.95 Å². The number of hydrogen-bond acceptors (Lipinski definition) is 4. The van der Waals surface area contributed by atoms with Crippen molar-refractivity contribution < 1.29 is 9.47 Å². The second kappa shape index (κ2) is 6.39. The van der Waals surface area contributed by atoms with Gasteiger partial charge in [0.25, 0.3) is 0 Å². The van der Waals surface area contributed by atoms with Crippen LogP contribution in [0.4, 0.5) is 5.95 Å². The maximum absolute atomic E-state index is 5.21. The lowest BCUT2D eigenvalue weighted by Crippen LogP contribution is -2.05. The van der Waals surface area contributed by atoms with Crippen LogP contribution < -0.4 is 14.8 Å². The van der Waals surface area contributed by atoms with Gasteiger partial charge < -0.3 is 19.8 Å². The summed E-state index contributed by atoms with van der Waals surface area (Å²) in [5.74, 6) is 2.47. The van der Waals surface area contributed by atoms with E-state index in [2.05, 4.69) is 27.4 Å². The van der Waals surface area contributed by atoms with Gasteiger partial charge in [-0.15, -0.1) is 0 Å². The predicted molar refractivity (Wildman–Crippen MR) is 87.8 cm³/mol. The van der Waals surface area contributed by atoms with Crippen molar-refractivity contribution >= 4 is 17.0 Å². The Bertz CT molecular complexity index is 750. The van der Waals surface area contributed by atoms with Crippen molar-refractivity contribution in [3.05, 3.63) is 48.0 Å². The van der Waals surface area contributed by atoms with Crippen LogP contribution in [-0.2, 0) is 6.42 Å². The summed E-state index contributed by atoms with van der Waals surface area (Å²) in [5, 5.41) is 3.31. The molecule has 2 N–H and O–H groups in total. The molecule has 5 nitrogen and oxygen atoms in total. The first kappa shape index (κ1) is 14.3. The number of methoxy groups -OCH3 is 2. The molecule has 114 valence electrons. The quantitative estimate of drug-likeness (QED) is 0.733. The zero-order valence-electron chi connectivity index (χ0n) is 12.7. The summed E-state index contributed by atoms with van der Waals surface area (Å²) in [6.45, 7) is 0.809. The third-order valence-corrected chi connectivity index (χ3v) is 3.55. The van der Waals surface area contributed by atoms with Crippen molar-refractivity contribution in [3.8, 4) is 11.5 Å². The lowest BCUT2D eigenvalue weighted by Gasteiger charge is -2.04. The second-order valence-corrected chi connectivity index (χ2v) is 4.99. The first-order valence-corrected chi connectivity index (χ1v) is 7.19. The second-order valence-electron chi connectivity index (χ2n) is 4.99. The normalized spacial score (nSPS) is 10.6. The van der Waals surface area contributed by atoms with Gasteiger partial charge in [-0.05, 0) is 36.2 Å². The van der Waals surface area contributed by atoms with Crippen molar-refractivity contribution in [2.75, 3.05) is 26.1 Å². The topological polar surface area (TPSA) is 59.2 Å². The lowest BCUT2D eigenvalue weighted by molar-refractivity contribution is 0.414. The molecule has 0 radical (unpaired) electrons. The number of benzene rings is 2. The van der Waals surface area contributed by atoms with Gasteiger partial charge in [0, 0.05) is 12.6 Å². The van der Waals surface area contributed by atoms with E-state index in [1.807, 2.05) is 30.3 Å². The van der Waals surface area contributed by atoms with Crippen molar-refractivity contribution in [2.45, 2.75) is 6.42 Å². The van der Waals surface area contributed by atoms with E-state index in [0.29, 0.717) is 0 Å². The molecule has 0 fully saturated rings. The Labute approximate surface area is 129 Å². The van der Waals surface area contributed by atoms with Crippen molar-refractivity contribution in [2.24, 2.45) is 0 Å². The molecule has 0 saturated carbocycles. The number of imidazole rings is 1. The van der Waals surface area contributed by atoms with E-state index in [-0.39, 0.29) is 0 Å². The highest BCUT2D eigenvalue weighted by Crippen LogP contribution is 2.20. The number of rotatable bonds is 6. The summed E-state index contributed by atoms with van der Waals surface area (Å²) in [6, 6.07) is 13.9. The Morgan fingerprint density at radius 1 is 1.00 bits per heavy atom. The molecular weight excluding hydrogens is 278 g/mol. The maximum Gasteiger partial charge on any atom is 0.201 e. The monoisotopic (exact) mass is 297 g/mol. The van der Waals surface area contributed by atoms with Crippen LogP contribution in [-0.4, -0.2) is 30.7 Å². The average Bonchev–Trinajstić information content (AvgIpc) is 2.97. The molecule has 3 rings (SSSR count). The maximum atomic E-state index is 5.21. The predicted octanol–water partition coefficient (Wildman–Crippen LogP) is 3.23. The van der Waals surface area contributed by atoms with Gasteiger partial charge in [-0.1, -0.05) is 12.1 Å². The first-order chi connectivity index (χ1) is 10.8. The smallest absolute Gasteiger partial charge is 0.201 e. The van der Waals surface area contributed by atoms with Crippen LogP contribution in [0.1, 0.15) is 5.56 Å². The number of nitrogens with one attached hydrogen (secondary N) is 2. The van der Waals surface area contributed by atoms with Gasteiger partial charge in [-0.3, -0.25) is 0 Å². The Hall–Kier alpha value is -2.69. The minimum absolute atomic E-state index is 0.775. The summed E-state index contributed by atoms with van der Waals surface area (Å²) in [5.41, 5.74) is 3.14. The van der Waals surface area contributed by atoms with E-state index in [0.717, 1.165) is 41.4 Å². The van der Waals surface area contributed by atoms with Crippen LogP contribution in [0.3, 0.4) is 0 Å². The fourth-order valence-electron chi connectivity index (χ4n) is 2.32. The van der Waals surface area contributed by atoms with Crippen LogP contribution in [0, 0.1) is 0 Å². The largest absolute Gasteiger partial charge is 0.497 e. The number of aromatic amines is 1. The standard InChI is InChI=1S/C17H19N3O2/c1-21-13-5-3-12(4-6-13)9-10-18-17-19-15-8-7-14(22-2)11-16(15)20-17/h3-8,11H,9-10H2,1-2H3,(H2,18,19,20). The van der Waals surface area contributed by atoms with E-state index >= 15 is 0 Å². The molecule has 0 saturated heterocycles. The average molecular weight is 297 g/mol. The number of anilines is 1. The van der Waals surface area contributed by atoms with Crippen molar-refractivity contribution in [1.29, 1.82) is 0 Å². The van der Waals surface area contributed by atoms with Crippen LogP contribution >= 0.6 is 0 Å². The molecule has 0 bridgehead atoms. The Balaban J connectivity index is 1.61. The summed E-state index contributed by atoms with van der Waals surface area (Å²) < 4.78 is 10.4. The highest BCUT2D eigenvalue weighted by Gasteiger charge is 2.03. The van der Waals surface area contributed by atoms with E-state index in [1.165, 1.54) is 5.56 Å². The molecule has 3 aromatic rings. The molecule has 0 aliphatic heterocycles. The van der Waals surface area contributed by atoms with Gasteiger partial charge in [-0.2, -0.15) is 0 Å². The molecule has 1 heterocycles. The first-order valence-electron chi connectivity index (χ1n) is 7.19. The molecule has 0 atom stereocenters. The summed E-state index contributed by atoms with van der Waals surface area (Å²) in [7, 11) is 3.33. The van der Waals surface area contributed by atoms with Gasteiger partial charge in [-0.25, -0.2) is 4.98 Å². The number of nitrogens with zero attached hydrogens (tertiary/aromatic N) is 1. The van der Waals surface area contributed by atoms with E-state index in [1.54, 1.807) is 14.2 Å². The zero-order chi connectivity index (χ0) is 15.4. The number of hydrogen-bond donors (Lipinski definition) is 2. The van der Waals surface area contributed by atoms with Crippen LogP contribution in [0.15, 0.2) is 42.5 Å². The number of aromatic nitrogens is 2. The Morgan fingerprint density at radius 2 is 1.73 bits per heavy atom. The highest BCUT2D eigenvalue weighted by atomic mass is 16.5. The van der Waals surface area contributed by atoms with Crippen LogP contribution in [0.5, 0.6) is 11.5 Å². The SMILES string of the molecule is COc1ccc(CCNc2nc3ccc(OC)cc3[nH]2)cc1. The van der Waals surface area contributed by atoms with Crippen molar-refractivity contribution in [3.63, 3.8) is 0 Å². The minimum atomic E-state index is 0.775. The molecule has 1 aromatic heterocycles. The summed E-state index contributed by atoms with van der Waals surface area (Å²) >= 11 is 0. The highest BCUT2D eigenvalue weighted by molar-refractivity contribution is 5.79. The number of ether oxygens (including phenoxy) is 2. The van der Waals surface area contributed by atoms with Crippen molar-refractivity contribution in [1.82, 2.24) is 9.97 Å². The zero-order valence-corrected chi connectivity index (χ0v) is 12.7. The molecule has 2 aromatic carbocycles. The molecule has 0 spiro atoms. The lowest BCUT2D eigenvalue weighted by atomic mass is 10.1. The van der Waals surface area contributed by atoms with E-state index in [9.17, 15) is 0 Å². The molecule has 0 aliphatic carbocycles. The molecule has 22 heavy (non-hydrogen) atoms. The molecule has 5 heteroatoms. The molecular formula is C17H19N3O2. The van der Waals surface area contributed by atoms with Gasteiger partial charge in [0.15, 0.2) is 0 Å². The van der Waals surface area contributed by atoms with Gasteiger partial charge >= 0.3 is 0 Å². The van der Waals surface area contributed by atoms with E-state index in [4.69, 9.17) is 9.47 Å². The summed E-state index contributed by atoms with van der Waals surface area (Å²) in [6.07, 6.45) is 0.921.